The Kier molecular flexibility index (Phi) is 4.03. The van der Waals surface area contributed by atoms with Crippen molar-refractivity contribution in [1.29, 1.82) is 0 Å². The lowest BCUT2D eigenvalue weighted by Crippen LogP contribution is -1.93. The molecule has 0 fully saturated rings. The van der Waals surface area contributed by atoms with Crippen molar-refractivity contribution in [1.82, 2.24) is 10.1 Å². The average molecular weight is 368 g/mol. The van der Waals surface area contributed by atoms with Crippen molar-refractivity contribution in [2.24, 2.45) is 0 Å². The van der Waals surface area contributed by atoms with Crippen molar-refractivity contribution < 1.29 is 8.91 Å². The van der Waals surface area contributed by atoms with Crippen LogP contribution in [-0.2, 0) is 0 Å². The topological polar surface area (TPSA) is 38.9 Å². The van der Waals surface area contributed by atoms with Gasteiger partial charge in [-0.05, 0) is 23.8 Å². The molecule has 1 unspecified atom stereocenters. The second-order valence-corrected chi connectivity index (χ2v) is 5.64. The van der Waals surface area contributed by atoms with E-state index >= 15 is 0 Å². The molecule has 1 atom stereocenters. The molecule has 0 aliphatic carbocycles. The molecule has 0 saturated heterocycles. The molecule has 1 aromatic heterocycles. The van der Waals surface area contributed by atoms with Gasteiger partial charge in [-0.1, -0.05) is 51.4 Å². The Balaban J connectivity index is 1.95. The van der Waals surface area contributed by atoms with E-state index in [4.69, 9.17) is 16.1 Å². The van der Waals surface area contributed by atoms with Crippen LogP contribution >= 0.6 is 27.5 Å². The van der Waals surface area contributed by atoms with E-state index in [0.29, 0.717) is 10.0 Å². The minimum Gasteiger partial charge on any atom is -0.337 e. The predicted molar refractivity (Wildman–Crippen MR) is 81.5 cm³/mol. The van der Waals surface area contributed by atoms with Crippen LogP contribution in [0.2, 0.25) is 0 Å². The monoisotopic (exact) mass is 366 g/mol. The molecule has 2 aromatic carbocycles. The lowest BCUT2D eigenvalue weighted by Gasteiger charge is -2.03. The molecule has 3 nitrogen and oxygen atoms in total. The molecule has 3 aromatic rings. The average Bonchev–Trinajstić information content (AvgIpc) is 2.99. The van der Waals surface area contributed by atoms with Gasteiger partial charge in [-0.25, -0.2) is 4.39 Å². The first kappa shape index (κ1) is 14.2. The van der Waals surface area contributed by atoms with Crippen LogP contribution in [0.4, 0.5) is 4.39 Å². The summed E-state index contributed by atoms with van der Waals surface area (Å²) in [5.74, 6) is 0.192. The van der Waals surface area contributed by atoms with Crippen LogP contribution in [0.15, 0.2) is 57.5 Å². The zero-order valence-corrected chi connectivity index (χ0v) is 13.0. The van der Waals surface area contributed by atoms with Crippen LogP contribution in [0.1, 0.15) is 16.8 Å². The van der Waals surface area contributed by atoms with Gasteiger partial charge in [0.2, 0.25) is 11.7 Å². The van der Waals surface area contributed by atoms with Gasteiger partial charge in [0, 0.05) is 10.0 Å². The molecule has 0 amide bonds. The third kappa shape index (κ3) is 2.99. The van der Waals surface area contributed by atoms with Gasteiger partial charge >= 0.3 is 0 Å². The van der Waals surface area contributed by atoms with Gasteiger partial charge in [-0.3, -0.25) is 0 Å². The molecule has 106 valence electrons. The van der Waals surface area contributed by atoms with Gasteiger partial charge in [-0.15, -0.1) is 11.6 Å². The SMILES string of the molecule is Fc1ccc(Br)c(-c2noc(C(Cl)c3ccccc3)n2)c1. The highest BCUT2D eigenvalue weighted by atomic mass is 79.9. The lowest BCUT2D eigenvalue weighted by atomic mass is 10.1. The number of rotatable bonds is 3. The number of hydrogen-bond donors (Lipinski definition) is 0. The summed E-state index contributed by atoms with van der Waals surface area (Å²) in [6.07, 6.45) is 0. The molecule has 0 bridgehead atoms. The summed E-state index contributed by atoms with van der Waals surface area (Å²) in [4.78, 5) is 4.25. The first-order valence-corrected chi connectivity index (χ1v) is 7.36. The van der Waals surface area contributed by atoms with Gasteiger partial charge in [-0.2, -0.15) is 4.98 Å². The Morgan fingerprint density at radius 3 is 2.67 bits per heavy atom. The Bertz CT molecular complexity index is 763. The van der Waals surface area contributed by atoms with Gasteiger partial charge in [0.25, 0.3) is 0 Å². The minimum absolute atomic E-state index is 0.272. The van der Waals surface area contributed by atoms with Crippen molar-refractivity contribution >= 4 is 27.5 Å². The highest BCUT2D eigenvalue weighted by molar-refractivity contribution is 9.10. The van der Waals surface area contributed by atoms with Crippen molar-refractivity contribution in [2.75, 3.05) is 0 Å². The van der Waals surface area contributed by atoms with Gasteiger partial charge in [0.1, 0.15) is 11.2 Å². The molecule has 6 heteroatoms. The van der Waals surface area contributed by atoms with Gasteiger partial charge in [0.15, 0.2) is 0 Å². The van der Waals surface area contributed by atoms with Crippen molar-refractivity contribution in [3.63, 3.8) is 0 Å². The Hall–Kier alpha value is -1.72. The van der Waals surface area contributed by atoms with Gasteiger partial charge in [0.05, 0.1) is 0 Å². The fraction of sp³-hybridized carbons (Fsp3) is 0.0667. The summed E-state index contributed by atoms with van der Waals surface area (Å²) in [5, 5.41) is 3.33. The molecule has 0 aliphatic rings. The highest BCUT2D eigenvalue weighted by Crippen LogP contribution is 2.31. The minimum atomic E-state index is -0.542. The van der Waals surface area contributed by atoms with E-state index in [0.717, 1.165) is 5.56 Å². The highest BCUT2D eigenvalue weighted by Gasteiger charge is 2.20. The van der Waals surface area contributed by atoms with Crippen molar-refractivity contribution in [3.05, 3.63) is 70.3 Å². The standard InChI is InChI=1S/C15H9BrClFN2O/c16-12-7-6-10(18)8-11(12)14-19-15(21-20-14)13(17)9-4-2-1-3-5-9/h1-8,13H. The molecule has 3 rings (SSSR count). The summed E-state index contributed by atoms with van der Waals surface area (Å²) >= 11 is 9.66. The fourth-order valence-electron chi connectivity index (χ4n) is 1.88. The molecule has 0 radical (unpaired) electrons. The molecule has 0 aliphatic heterocycles. The number of benzene rings is 2. The van der Waals surface area contributed by atoms with E-state index in [9.17, 15) is 4.39 Å². The number of hydrogen-bond acceptors (Lipinski definition) is 3. The first-order valence-electron chi connectivity index (χ1n) is 6.13. The van der Waals surface area contributed by atoms with E-state index in [1.807, 2.05) is 30.3 Å². The summed E-state index contributed by atoms with van der Waals surface area (Å²) in [6, 6.07) is 13.7. The van der Waals surface area contributed by atoms with Crippen LogP contribution in [0.5, 0.6) is 0 Å². The number of halogens is 3. The smallest absolute Gasteiger partial charge is 0.249 e. The second-order valence-electron chi connectivity index (χ2n) is 4.35. The van der Waals surface area contributed by atoms with Crippen LogP contribution in [0.25, 0.3) is 11.4 Å². The number of alkyl halides is 1. The maximum absolute atomic E-state index is 13.3. The van der Waals surface area contributed by atoms with Crippen LogP contribution in [-0.4, -0.2) is 10.1 Å². The number of nitrogens with zero attached hydrogens (tertiary/aromatic N) is 2. The Morgan fingerprint density at radius 2 is 1.90 bits per heavy atom. The molecule has 0 N–H and O–H groups in total. The lowest BCUT2D eigenvalue weighted by molar-refractivity contribution is 0.383. The Morgan fingerprint density at radius 1 is 1.14 bits per heavy atom. The first-order chi connectivity index (χ1) is 10.1. The second kappa shape index (κ2) is 5.95. The molecule has 1 heterocycles. The maximum Gasteiger partial charge on any atom is 0.249 e. The van der Waals surface area contributed by atoms with E-state index < -0.39 is 5.38 Å². The molecule has 21 heavy (non-hydrogen) atoms. The van der Waals surface area contributed by atoms with Crippen LogP contribution < -0.4 is 0 Å². The Labute approximate surface area is 133 Å². The fourth-order valence-corrected chi connectivity index (χ4v) is 2.54. The predicted octanol–water partition coefficient (Wildman–Crippen LogP) is 4.97. The molecular weight excluding hydrogens is 359 g/mol. The third-order valence-electron chi connectivity index (χ3n) is 2.92. The summed E-state index contributed by atoms with van der Waals surface area (Å²) < 4.78 is 19.2. The maximum atomic E-state index is 13.3. The van der Waals surface area contributed by atoms with Crippen molar-refractivity contribution in [3.8, 4) is 11.4 Å². The zero-order valence-electron chi connectivity index (χ0n) is 10.6. The van der Waals surface area contributed by atoms with E-state index in [1.54, 1.807) is 6.07 Å². The number of aromatic nitrogens is 2. The van der Waals surface area contributed by atoms with Crippen LogP contribution in [0.3, 0.4) is 0 Å². The third-order valence-corrected chi connectivity index (χ3v) is 4.05. The molecular formula is C15H9BrClFN2O. The summed E-state index contributed by atoms with van der Waals surface area (Å²) in [5.41, 5.74) is 1.37. The van der Waals surface area contributed by atoms with E-state index in [1.165, 1.54) is 12.1 Å². The van der Waals surface area contributed by atoms with Gasteiger partial charge < -0.3 is 4.52 Å². The quantitative estimate of drug-likeness (QED) is 0.614. The summed E-state index contributed by atoms with van der Waals surface area (Å²) in [6.45, 7) is 0. The van der Waals surface area contributed by atoms with E-state index in [2.05, 4.69) is 26.1 Å². The normalized spacial score (nSPS) is 12.3. The van der Waals surface area contributed by atoms with Crippen LogP contribution in [0, 0.1) is 5.82 Å². The largest absolute Gasteiger partial charge is 0.337 e. The van der Waals surface area contributed by atoms with E-state index in [-0.39, 0.29) is 17.5 Å². The zero-order chi connectivity index (χ0) is 14.8. The molecule has 0 spiro atoms. The summed E-state index contributed by atoms with van der Waals surface area (Å²) in [7, 11) is 0. The van der Waals surface area contributed by atoms with Crippen molar-refractivity contribution in [2.45, 2.75) is 5.38 Å². The molecule has 0 saturated carbocycles.